The summed E-state index contributed by atoms with van der Waals surface area (Å²) in [7, 11) is 0. The fourth-order valence-corrected chi connectivity index (χ4v) is 4.85. The molecule has 2 aromatic rings. The van der Waals surface area contributed by atoms with Gasteiger partial charge in [0.1, 0.15) is 22.3 Å². The molecule has 1 unspecified atom stereocenters. The number of nitrogens with zero attached hydrogens (tertiary/aromatic N) is 2. The number of esters is 1. The predicted octanol–water partition coefficient (Wildman–Crippen LogP) is 2.82. The molecule has 2 aliphatic rings. The zero-order valence-corrected chi connectivity index (χ0v) is 18.5. The summed E-state index contributed by atoms with van der Waals surface area (Å²) in [5, 5.41) is 11.6. The number of nitrogens with two attached hydrogens (primary N) is 1. The van der Waals surface area contributed by atoms with E-state index in [9.17, 15) is 24.5 Å². The van der Waals surface area contributed by atoms with E-state index in [0.717, 1.165) is 9.78 Å². The van der Waals surface area contributed by atoms with Crippen LogP contribution in [-0.2, 0) is 33.8 Å². The zero-order valence-electron chi connectivity index (χ0n) is 17.7. The maximum absolute atomic E-state index is 13.2. The smallest absolute Gasteiger partial charge is 0.341 e. The Bertz CT molecular complexity index is 1160. The topological polar surface area (TPSA) is 142 Å². The molecule has 0 fully saturated rings. The molecule has 2 aliphatic heterocycles. The Morgan fingerprint density at radius 1 is 1.34 bits per heavy atom. The van der Waals surface area contributed by atoms with Crippen molar-refractivity contribution in [2.24, 2.45) is 0 Å². The first kappa shape index (κ1) is 21.9. The summed E-state index contributed by atoms with van der Waals surface area (Å²) in [5.41, 5.74) is 6.10. The fourth-order valence-electron chi connectivity index (χ4n) is 3.84. The molecule has 1 aromatic carbocycles. The second kappa shape index (κ2) is 7.68. The number of carbonyl (C=O) groups is 3. The SMILES string of the molecule is CC(C)(C)OC(=O)c1c(N)sc2c1CC(C(=O)N1Cc3cccc([N+](=O)[O-])c3C1=O)OC2. The Balaban J connectivity index is 1.59. The molecule has 0 radical (unpaired) electrons. The van der Waals surface area contributed by atoms with Gasteiger partial charge in [0.2, 0.25) is 0 Å². The fraction of sp³-hybridized carbons (Fsp3) is 0.381. The molecule has 0 bridgehead atoms. The minimum atomic E-state index is -1.03. The molecule has 11 heteroatoms. The number of hydrogen-bond acceptors (Lipinski definition) is 9. The van der Waals surface area contributed by atoms with E-state index in [-0.39, 0.29) is 41.4 Å². The average Bonchev–Trinajstić information content (AvgIpc) is 3.21. The van der Waals surface area contributed by atoms with Crippen LogP contribution in [0.4, 0.5) is 10.7 Å². The van der Waals surface area contributed by atoms with Gasteiger partial charge in [0.05, 0.1) is 23.6 Å². The summed E-state index contributed by atoms with van der Waals surface area (Å²) < 4.78 is 11.1. The van der Waals surface area contributed by atoms with Crippen molar-refractivity contribution in [3.8, 4) is 0 Å². The number of nitro benzene ring substituents is 1. The summed E-state index contributed by atoms with van der Waals surface area (Å²) >= 11 is 1.20. The lowest BCUT2D eigenvalue weighted by atomic mass is 10.00. The number of nitro groups is 1. The van der Waals surface area contributed by atoms with Crippen molar-refractivity contribution >= 4 is 39.8 Å². The van der Waals surface area contributed by atoms with Crippen LogP contribution in [0, 0.1) is 10.1 Å². The standard InChI is InChI=1S/C21H21N3O7S/c1-21(2,3)31-20(27)16-11-7-13(30-9-14(11)32-17(16)22)18(25)23-8-10-5-4-6-12(24(28)29)15(10)19(23)26/h4-6,13H,7-9,22H2,1-3H3. The van der Waals surface area contributed by atoms with E-state index < -0.39 is 34.4 Å². The van der Waals surface area contributed by atoms with Gasteiger partial charge in [-0.15, -0.1) is 11.3 Å². The van der Waals surface area contributed by atoms with Gasteiger partial charge >= 0.3 is 5.97 Å². The molecule has 0 saturated carbocycles. The quantitative estimate of drug-likeness (QED) is 0.320. The van der Waals surface area contributed by atoms with E-state index in [1.165, 1.54) is 23.5 Å². The largest absolute Gasteiger partial charge is 0.456 e. The lowest BCUT2D eigenvalue weighted by Gasteiger charge is -2.26. The van der Waals surface area contributed by atoms with Crippen LogP contribution in [0.15, 0.2) is 18.2 Å². The maximum Gasteiger partial charge on any atom is 0.341 e. The van der Waals surface area contributed by atoms with E-state index in [1.54, 1.807) is 26.8 Å². The molecule has 0 saturated heterocycles. The highest BCUT2D eigenvalue weighted by Crippen LogP contribution is 2.38. The molecular formula is C21H21N3O7S. The van der Waals surface area contributed by atoms with Crippen LogP contribution >= 0.6 is 11.3 Å². The number of anilines is 1. The van der Waals surface area contributed by atoms with Crippen LogP contribution in [0.3, 0.4) is 0 Å². The monoisotopic (exact) mass is 459 g/mol. The van der Waals surface area contributed by atoms with Crippen molar-refractivity contribution in [1.82, 2.24) is 4.90 Å². The van der Waals surface area contributed by atoms with Gasteiger partial charge in [0.15, 0.2) is 0 Å². The number of benzene rings is 1. The van der Waals surface area contributed by atoms with Crippen LogP contribution in [0.2, 0.25) is 0 Å². The van der Waals surface area contributed by atoms with Crippen LogP contribution in [0.1, 0.15) is 57.5 Å². The molecule has 32 heavy (non-hydrogen) atoms. The number of fused-ring (bicyclic) bond motifs is 2. The Labute approximate surface area is 187 Å². The van der Waals surface area contributed by atoms with Crippen molar-refractivity contribution in [1.29, 1.82) is 0 Å². The second-order valence-electron chi connectivity index (χ2n) is 8.55. The molecule has 2 amide bonds. The zero-order chi connectivity index (χ0) is 23.4. The lowest BCUT2D eigenvalue weighted by molar-refractivity contribution is -0.385. The molecule has 0 aliphatic carbocycles. The maximum atomic E-state index is 13.2. The summed E-state index contributed by atoms with van der Waals surface area (Å²) in [4.78, 5) is 51.0. The van der Waals surface area contributed by atoms with Gasteiger partial charge in [0, 0.05) is 17.4 Å². The number of amides is 2. The third-order valence-electron chi connectivity index (χ3n) is 5.18. The number of hydrogen-bond donors (Lipinski definition) is 1. The van der Waals surface area contributed by atoms with E-state index in [4.69, 9.17) is 15.2 Å². The highest BCUT2D eigenvalue weighted by molar-refractivity contribution is 7.16. The normalized spacial score (nSPS) is 17.7. The third-order valence-corrected chi connectivity index (χ3v) is 6.22. The van der Waals surface area contributed by atoms with Crippen LogP contribution in [0.5, 0.6) is 0 Å². The minimum absolute atomic E-state index is 0.0403. The number of carbonyl (C=O) groups excluding carboxylic acids is 3. The van der Waals surface area contributed by atoms with Gasteiger partial charge in [0.25, 0.3) is 17.5 Å². The number of ether oxygens (including phenoxy) is 2. The van der Waals surface area contributed by atoms with E-state index in [0.29, 0.717) is 11.1 Å². The number of imide groups is 1. The second-order valence-corrected chi connectivity index (χ2v) is 9.68. The Morgan fingerprint density at radius 3 is 2.72 bits per heavy atom. The first-order valence-electron chi connectivity index (χ1n) is 9.85. The summed E-state index contributed by atoms with van der Waals surface area (Å²) in [6.45, 7) is 5.20. The number of rotatable bonds is 3. The van der Waals surface area contributed by atoms with E-state index in [1.807, 2.05) is 0 Å². The van der Waals surface area contributed by atoms with Gasteiger partial charge in [-0.25, -0.2) is 4.79 Å². The summed E-state index contributed by atoms with van der Waals surface area (Å²) in [5.74, 6) is -1.93. The van der Waals surface area contributed by atoms with E-state index in [2.05, 4.69) is 0 Å². The average molecular weight is 459 g/mol. The van der Waals surface area contributed by atoms with Gasteiger partial charge in [-0.2, -0.15) is 0 Å². The lowest BCUT2D eigenvalue weighted by Crippen LogP contribution is -2.43. The third kappa shape index (κ3) is 3.73. The molecule has 3 heterocycles. The number of nitrogen functional groups attached to an aromatic ring is 1. The van der Waals surface area contributed by atoms with Crippen molar-refractivity contribution in [2.45, 2.75) is 52.0 Å². The Kier molecular flexibility index (Phi) is 5.25. The highest BCUT2D eigenvalue weighted by atomic mass is 32.1. The molecule has 168 valence electrons. The Morgan fingerprint density at radius 2 is 2.06 bits per heavy atom. The molecule has 0 spiro atoms. The first-order chi connectivity index (χ1) is 15.0. The van der Waals surface area contributed by atoms with Crippen molar-refractivity contribution < 1.29 is 28.8 Å². The number of thiophene rings is 1. The first-order valence-corrected chi connectivity index (χ1v) is 10.7. The molecule has 1 aromatic heterocycles. The molecule has 1 atom stereocenters. The van der Waals surface area contributed by atoms with Crippen molar-refractivity contribution in [3.05, 3.63) is 55.4 Å². The van der Waals surface area contributed by atoms with Crippen molar-refractivity contribution in [3.63, 3.8) is 0 Å². The molecule has 4 rings (SSSR count). The summed E-state index contributed by atoms with van der Waals surface area (Å²) in [6, 6.07) is 4.28. The highest BCUT2D eigenvalue weighted by Gasteiger charge is 2.42. The van der Waals surface area contributed by atoms with Gasteiger partial charge in [-0.05, 0) is 31.9 Å². The Hall–Kier alpha value is -3.31. The van der Waals surface area contributed by atoms with Gasteiger partial charge < -0.3 is 15.2 Å². The summed E-state index contributed by atoms with van der Waals surface area (Å²) in [6.07, 6.45) is -0.992. The molecule has 10 nitrogen and oxygen atoms in total. The van der Waals surface area contributed by atoms with E-state index >= 15 is 0 Å². The van der Waals surface area contributed by atoms with Crippen LogP contribution in [-0.4, -0.2) is 39.3 Å². The molecular weight excluding hydrogens is 438 g/mol. The molecule has 2 N–H and O–H groups in total. The minimum Gasteiger partial charge on any atom is -0.456 e. The van der Waals surface area contributed by atoms with Crippen LogP contribution < -0.4 is 5.73 Å². The van der Waals surface area contributed by atoms with Crippen LogP contribution in [0.25, 0.3) is 0 Å². The van der Waals surface area contributed by atoms with Gasteiger partial charge in [-0.1, -0.05) is 12.1 Å². The van der Waals surface area contributed by atoms with Crippen molar-refractivity contribution in [2.75, 3.05) is 5.73 Å². The predicted molar refractivity (Wildman–Crippen MR) is 114 cm³/mol. The van der Waals surface area contributed by atoms with Gasteiger partial charge in [-0.3, -0.25) is 24.6 Å².